The average molecular weight is 324 g/mol. The number of rotatable bonds is 6. The summed E-state index contributed by atoms with van der Waals surface area (Å²) in [5, 5.41) is 5.92. The zero-order chi connectivity index (χ0) is 16.8. The van der Waals surface area contributed by atoms with Crippen LogP contribution in [0.15, 0.2) is 48.5 Å². The molecule has 0 spiro atoms. The Kier molecular flexibility index (Phi) is 5.36. The molecular formula is C20H24N2O2. The molecule has 4 nitrogen and oxygen atoms in total. The van der Waals surface area contributed by atoms with Crippen molar-refractivity contribution in [1.82, 2.24) is 10.6 Å². The monoisotopic (exact) mass is 324 g/mol. The summed E-state index contributed by atoms with van der Waals surface area (Å²) in [6, 6.07) is 16.4. The van der Waals surface area contributed by atoms with Crippen LogP contribution in [0.5, 0.6) is 5.75 Å². The van der Waals surface area contributed by atoms with Crippen molar-refractivity contribution in [2.24, 2.45) is 0 Å². The minimum Gasteiger partial charge on any atom is -0.493 e. The summed E-state index contributed by atoms with van der Waals surface area (Å²) in [4.78, 5) is 12.0. The molecule has 24 heavy (non-hydrogen) atoms. The van der Waals surface area contributed by atoms with Gasteiger partial charge in [0.1, 0.15) is 5.75 Å². The van der Waals surface area contributed by atoms with Crippen LogP contribution in [0.1, 0.15) is 23.6 Å². The van der Waals surface area contributed by atoms with E-state index in [1.807, 2.05) is 31.2 Å². The molecule has 1 aliphatic heterocycles. The van der Waals surface area contributed by atoms with Crippen LogP contribution >= 0.6 is 0 Å². The third kappa shape index (κ3) is 4.51. The third-order valence-corrected chi connectivity index (χ3v) is 4.22. The highest BCUT2D eigenvalue weighted by Gasteiger charge is 2.14. The number of benzene rings is 2. The molecule has 3 rings (SSSR count). The lowest BCUT2D eigenvalue weighted by molar-refractivity contribution is 0.238. The van der Waals surface area contributed by atoms with E-state index in [2.05, 4.69) is 34.9 Å². The Hall–Kier alpha value is -2.49. The molecule has 0 aromatic heterocycles. The molecule has 1 unspecified atom stereocenters. The zero-order valence-electron chi connectivity index (χ0n) is 14.0. The molecule has 0 bridgehead atoms. The molecule has 2 aromatic rings. The topological polar surface area (TPSA) is 50.4 Å². The number of fused-ring (bicyclic) bond motifs is 1. The smallest absolute Gasteiger partial charge is 0.315 e. The van der Waals surface area contributed by atoms with Crippen molar-refractivity contribution >= 4 is 6.03 Å². The zero-order valence-corrected chi connectivity index (χ0v) is 14.0. The Balaban J connectivity index is 1.41. The summed E-state index contributed by atoms with van der Waals surface area (Å²) in [7, 11) is 0. The Bertz CT molecular complexity index is 685. The third-order valence-electron chi connectivity index (χ3n) is 4.22. The Morgan fingerprint density at radius 3 is 2.83 bits per heavy atom. The quantitative estimate of drug-likeness (QED) is 0.858. The van der Waals surface area contributed by atoms with Gasteiger partial charge in [-0.1, -0.05) is 42.5 Å². The van der Waals surface area contributed by atoms with E-state index >= 15 is 0 Å². The highest BCUT2D eigenvalue weighted by molar-refractivity contribution is 5.74. The second-order valence-corrected chi connectivity index (χ2v) is 6.28. The molecule has 2 aromatic carbocycles. The first-order chi connectivity index (χ1) is 11.7. The molecule has 0 saturated carbocycles. The number of nitrogens with one attached hydrogen (secondary N) is 2. The molecule has 0 saturated heterocycles. The standard InChI is InChI=1S/C20H24N2O2/c1-15(13-17-7-8-19-18(14-17)10-12-24-19)22-20(23)21-11-9-16-5-3-2-4-6-16/h2-8,14-15H,9-13H2,1H3,(H2,21,22,23). The highest BCUT2D eigenvalue weighted by atomic mass is 16.5. The molecule has 0 fully saturated rings. The van der Waals surface area contributed by atoms with Gasteiger partial charge in [0.15, 0.2) is 0 Å². The average Bonchev–Trinajstić information content (AvgIpc) is 3.03. The maximum absolute atomic E-state index is 12.0. The molecule has 2 amide bonds. The lowest BCUT2D eigenvalue weighted by Crippen LogP contribution is -2.42. The number of hydrogen-bond donors (Lipinski definition) is 2. The van der Waals surface area contributed by atoms with E-state index in [-0.39, 0.29) is 12.1 Å². The number of urea groups is 1. The van der Waals surface area contributed by atoms with Crippen molar-refractivity contribution in [3.05, 3.63) is 65.2 Å². The second kappa shape index (κ2) is 7.86. The normalized spacial score (nSPS) is 13.7. The van der Waals surface area contributed by atoms with Crippen LogP contribution in [-0.4, -0.2) is 25.2 Å². The van der Waals surface area contributed by atoms with Crippen LogP contribution in [-0.2, 0) is 19.3 Å². The fraction of sp³-hybridized carbons (Fsp3) is 0.350. The van der Waals surface area contributed by atoms with Gasteiger partial charge in [0.2, 0.25) is 0 Å². The van der Waals surface area contributed by atoms with Crippen molar-refractivity contribution in [3.8, 4) is 5.75 Å². The van der Waals surface area contributed by atoms with Gasteiger partial charge < -0.3 is 15.4 Å². The van der Waals surface area contributed by atoms with Crippen molar-refractivity contribution < 1.29 is 9.53 Å². The molecule has 1 aliphatic rings. The molecule has 0 radical (unpaired) electrons. The summed E-state index contributed by atoms with van der Waals surface area (Å²) in [6.07, 6.45) is 2.64. The molecule has 2 N–H and O–H groups in total. The Labute approximate surface area is 143 Å². The SMILES string of the molecule is CC(Cc1ccc2c(c1)CCO2)NC(=O)NCCc1ccccc1. The predicted molar refractivity (Wildman–Crippen MR) is 95.5 cm³/mol. The molecule has 1 heterocycles. The van der Waals surface area contributed by atoms with Gasteiger partial charge in [-0.25, -0.2) is 4.79 Å². The van der Waals surface area contributed by atoms with E-state index in [0.29, 0.717) is 6.54 Å². The van der Waals surface area contributed by atoms with Gasteiger partial charge in [0, 0.05) is 19.0 Å². The van der Waals surface area contributed by atoms with Crippen LogP contribution in [0.4, 0.5) is 4.79 Å². The van der Waals surface area contributed by atoms with Gasteiger partial charge in [-0.05, 0) is 42.5 Å². The summed E-state index contributed by atoms with van der Waals surface area (Å²) in [5.74, 6) is 0.998. The summed E-state index contributed by atoms with van der Waals surface area (Å²) >= 11 is 0. The van der Waals surface area contributed by atoms with Gasteiger partial charge in [-0.15, -0.1) is 0 Å². The number of carbonyl (C=O) groups is 1. The maximum Gasteiger partial charge on any atom is 0.315 e. The largest absolute Gasteiger partial charge is 0.493 e. The number of amides is 2. The van der Waals surface area contributed by atoms with E-state index < -0.39 is 0 Å². The molecular weight excluding hydrogens is 300 g/mol. The van der Waals surface area contributed by atoms with E-state index in [9.17, 15) is 4.79 Å². The highest BCUT2D eigenvalue weighted by Crippen LogP contribution is 2.26. The Morgan fingerprint density at radius 1 is 1.17 bits per heavy atom. The minimum atomic E-state index is -0.108. The van der Waals surface area contributed by atoms with E-state index in [4.69, 9.17) is 4.74 Å². The van der Waals surface area contributed by atoms with E-state index in [0.717, 1.165) is 31.6 Å². The molecule has 1 atom stereocenters. The summed E-state index contributed by atoms with van der Waals surface area (Å²) in [6.45, 7) is 3.44. The van der Waals surface area contributed by atoms with Crippen LogP contribution in [0.3, 0.4) is 0 Å². The fourth-order valence-electron chi connectivity index (χ4n) is 3.01. The minimum absolute atomic E-state index is 0.0853. The van der Waals surface area contributed by atoms with Gasteiger partial charge in [0.05, 0.1) is 6.61 Å². The van der Waals surface area contributed by atoms with Crippen molar-refractivity contribution in [2.75, 3.05) is 13.2 Å². The van der Waals surface area contributed by atoms with Gasteiger partial charge in [-0.3, -0.25) is 0 Å². The van der Waals surface area contributed by atoms with Gasteiger partial charge >= 0.3 is 6.03 Å². The van der Waals surface area contributed by atoms with Crippen LogP contribution in [0, 0.1) is 0 Å². The molecule has 0 aliphatic carbocycles. The lowest BCUT2D eigenvalue weighted by Gasteiger charge is -2.15. The summed E-state index contributed by atoms with van der Waals surface area (Å²) in [5.41, 5.74) is 3.73. The van der Waals surface area contributed by atoms with E-state index in [1.54, 1.807) is 0 Å². The summed E-state index contributed by atoms with van der Waals surface area (Å²) < 4.78 is 5.52. The fourth-order valence-corrected chi connectivity index (χ4v) is 3.01. The maximum atomic E-state index is 12.0. The number of ether oxygens (including phenoxy) is 1. The molecule has 126 valence electrons. The van der Waals surface area contributed by atoms with Gasteiger partial charge in [-0.2, -0.15) is 0 Å². The molecule has 4 heteroatoms. The lowest BCUT2D eigenvalue weighted by atomic mass is 10.0. The van der Waals surface area contributed by atoms with Crippen LogP contribution < -0.4 is 15.4 Å². The van der Waals surface area contributed by atoms with Crippen LogP contribution in [0.2, 0.25) is 0 Å². The first kappa shape index (κ1) is 16.4. The Morgan fingerprint density at radius 2 is 2.00 bits per heavy atom. The second-order valence-electron chi connectivity index (χ2n) is 6.28. The predicted octanol–water partition coefficient (Wildman–Crippen LogP) is 3.09. The first-order valence-corrected chi connectivity index (χ1v) is 8.53. The van der Waals surface area contributed by atoms with Crippen LogP contribution in [0.25, 0.3) is 0 Å². The van der Waals surface area contributed by atoms with Gasteiger partial charge in [0.25, 0.3) is 0 Å². The van der Waals surface area contributed by atoms with Crippen molar-refractivity contribution in [3.63, 3.8) is 0 Å². The number of carbonyl (C=O) groups excluding carboxylic acids is 1. The van der Waals surface area contributed by atoms with E-state index in [1.165, 1.54) is 16.7 Å². The van der Waals surface area contributed by atoms with Crippen molar-refractivity contribution in [1.29, 1.82) is 0 Å². The first-order valence-electron chi connectivity index (χ1n) is 8.53. The van der Waals surface area contributed by atoms with Crippen molar-refractivity contribution in [2.45, 2.75) is 32.2 Å². The number of hydrogen-bond acceptors (Lipinski definition) is 2.